The standard InChI is InChI=1S/C10H11NO2/c1-4-7(3)6-8-9(5-2)13-10(12)11-8/h4-6H,1-2H2,3H3,(H,11,12)/b7-6-. The Balaban J connectivity index is 3.20. The molecule has 0 saturated heterocycles. The van der Waals surface area contributed by atoms with Crippen molar-refractivity contribution in [3.8, 4) is 0 Å². The molecular weight excluding hydrogens is 166 g/mol. The van der Waals surface area contributed by atoms with Crippen LogP contribution in [0.1, 0.15) is 18.4 Å². The highest BCUT2D eigenvalue weighted by Gasteiger charge is 2.02. The fourth-order valence-electron chi connectivity index (χ4n) is 0.897. The first kappa shape index (κ1) is 9.32. The Kier molecular flexibility index (Phi) is 2.69. The highest BCUT2D eigenvalue weighted by Crippen LogP contribution is 2.10. The lowest BCUT2D eigenvalue weighted by Crippen LogP contribution is -1.94. The van der Waals surface area contributed by atoms with Crippen molar-refractivity contribution in [2.45, 2.75) is 6.92 Å². The monoisotopic (exact) mass is 177 g/mol. The molecule has 0 radical (unpaired) electrons. The zero-order valence-corrected chi connectivity index (χ0v) is 7.46. The minimum atomic E-state index is -0.474. The Bertz CT molecular complexity index is 407. The summed E-state index contributed by atoms with van der Waals surface area (Å²) in [5.74, 6) is -0.0239. The van der Waals surface area contributed by atoms with Crippen LogP contribution in [0, 0.1) is 0 Å². The van der Waals surface area contributed by atoms with Gasteiger partial charge in [0.15, 0.2) is 5.76 Å². The first-order chi connectivity index (χ1) is 6.17. The van der Waals surface area contributed by atoms with Crippen LogP contribution in [0.15, 0.2) is 34.0 Å². The lowest BCUT2D eigenvalue weighted by molar-refractivity contribution is 0.507. The molecule has 0 aromatic carbocycles. The molecule has 0 amide bonds. The Hall–Kier alpha value is -1.77. The third-order valence-electron chi connectivity index (χ3n) is 1.58. The summed E-state index contributed by atoms with van der Waals surface area (Å²) in [7, 11) is 0. The fourth-order valence-corrected chi connectivity index (χ4v) is 0.897. The second-order valence-electron chi connectivity index (χ2n) is 2.59. The van der Waals surface area contributed by atoms with Gasteiger partial charge in [0.2, 0.25) is 0 Å². The van der Waals surface area contributed by atoms with E-state index in [-0.39, 0.29) is 0 Å². The molecule has 68 valence electrons. The molecule has 3 heteroatoms. The molecule has 1 heterocycles. The molecule has 1 N–H and O–H groups in total. The predicted molar refractivity (Wildman–Crippen MR) is 53.3 cm³/mol. The van der Waals surface area contributed by atoms with Gasteiger partial charge in [-0.25, -0.2) is 4.79 Å². The second kappa shape index (κ2) is 3.76. The summed E-state index contributed by atoms with van der Waals surface area (Å²) in [5.41, 5.74) is 1.57. The number of H-pyrrole nitrogens is 1. The molecule has 0 aliphatic heterocycles. The van der Waals surface area contributed by atoms with Crippen LogP contribution in [0.25, 0.3) is 12.2 Å². The Morgan fingerprint density at radius 2 is 2.23 bits per heavy atom. The largest absolute Gasteiger partial charge is 0.417 e. The van der Waals surface area contributed by atoms with E-state index in [4.69, 9.17) is 4.42 Å². The molecule has 0 unspecified atom stereocenters. The van der Waals surface area contributed by atoms with Gasteiger partial charge in [-0.2, -0.15) is 0 Å². The minimum Gasteiger partial charge on any atom is -0.408 e. The summed E-state index contributed by atoms with van der Waals surface area (Å²) in [6.07, 6.45) is 4.95. The Morgan fingerprint density at radius 1 is 1.54 bits per heavy atom. The molecule has 0 spiro atoms. The maximum atomic E-state index is 10.8. The normalized spacial score (nSPS) is 11.3. The van der Waals surface area contributed by atoms with Gasteiger partial charge in [-0.05, 0) is 24.6 Å². The van der Waals surface area contributed by atoms with Crippen molar-refractivity contribution in [3.05, 3.63) is 46.8 Å². The van der Waals surface area contributed by atoms with Crippen LogP contribution in [0.3, 0.4) is 0 Å². The van der Waals surface area contributed by atoms with Crippen LogP contribution in [0.2, 0.25) is 0 Å². The summed E-state index contributed by atoms with van der Waals surface area (Å²) >= 11 is 0. The zero-order chi connectivity index (χ0) is 9.84. The van der Waals surface area contributed by atoms with Gasteiger partial charge in [-0.3, -0.25) is 4.98 Å². The number of aromatic amines is 1. The molecule has 1 rings (SSSR count). The van der Waals surface area contributed by atoms with Crippen LogP contribution >= 0.6 is 0 Å². The summed E-state index contributed by atoms with van der Waals surface area (Å²) in [5, 5.41) is 0. The van der Waals surface area contributed by atoms with Crippen molar-refractivity contribution < 1.29 is 4.42 Å². The van der Waals surface area contributed by atoms with Crippen LogP contribution in [0.4, 0.5) is 0 Å². The summed E-state index contributed by atoms with van der Waals surface area (Å²) in [6, 6.07) is 0. The zero-order valence-electron chi connectivity index (χ0n) is 7.46. The average molecular weight is 177 g/mol. The molecular formula is C10H11NO2. The Labute approximate surface area is 76.1 Å². The van der Waals surface area contributed by atoms with Crippen molar-refractivity contribution in [2.75, 3.05) is 0 Å². The van der Waals surface area contributed by atoms with Crippen LogP contribution in [-0.4, -0.2) is 4.98 Å². The maximum Gasteiger partial charge on any atom is 0.417 e. The van der Waals surface area contributed by atoms with Crippen molar-refractivity contribution in [3.63, 3.8) is 0 Å². The molecule has 1 aromatic rings. The number of hydrogen-bond donors (Lipinski definition) is 1. The van der Waals surface area contributed by atoms with Gasteiger partial charge < -0.3 is 4.42 Å². The molecule has 0 fully saturated rings. The smallest absolute Gasteiger partial charge is 0.408 e. The lowest BCUT2D eigenvalue weighted by atomic mass is 10.2. The van der Waals surface area contributed by atoms with Crippen molar-refractivity contribution in [1.29, 1.82) is 0 Å². The van der Waals surface area contributed by atoms with Gasteiger partial charge in [0.25, 0.3) is 0 Å². The van der Waals surface area contributed by atoms with E-state index in [0.29, 0.717) is 11.5 Å². The van der Waals surface area contributed by atoms with E-state index in [1.54, 1.807) is 12.2 Å². The van der Waals surface area contributed by atoms with Crippen LogP contribution in [-0.2, 0) is 0 Å². The first-order valence-corrected chi connectivity index (χ1v) is 3.83. The highest BCUT2D eigenvalue weighted by molar-refractivity contribution is 5.60. The van der Waals surface area contributed by atoms with Crippen LogP contribution < -0.4 is 5.76 Å². The number of oxazole rings is 1. The molecule has 0 aliphatic rings. The summed E-state index contributed by atoms with van der Waals surface area (Å²) < 4.78 is 4.80. The number of rotatable bonds is 3. The van der Waals surface area contributed by atoms with E-state index in [1.165, 1.54) is 6.08 Å². The number of allylic oxidation sites excluding steroid dienone is 2. The predicted octanol–water partition coefficient (Wildman–Crippen LogP) is 2.20. The topological polar surface area (TPSA) is 46.0 Å². The van der Waals surface area contributed by atoms with Crippen molar-refractivity contribution >= 4 is 12.2 Å². The van der Waals surface area contributed by atoms with Gasteiger partial charge >= 0.3 is 5.76 Å². The van der Waals surface area contributed by atoms with E-state index >= 15 is 0 Å². The average Bonchev–Trinajstić information content (AvgIpc) is 2.46. The van der Waals surface area contributed by atoms with E-state index < -0.39 is 5.76 Å². The fraction of sp³-hybridized carbons (Fsp3) is 0.100. The van der Waals surface area contributed by atoms with Gasteiger partial charge in [-0.15, -0.1) is 0 Å². The molecule has 0 atom stereocenters. The van der Waals surface area contributed by atoms with Crippen molar-refractivity contribution in [1.82, 2.24) is 4.98 Å². The van der Waals surface area contributed by atoms with Gasteiger partial charge in [0, 0.05) is 0 Å². The van der Waals surface area contributed by atoms with E-state index in [2.05, 4.69) is 18.1 Å². The van der Waals surface area contributed by atoms with Crippen LogP contribution in [0.5, 0.6) is 0 Å². The first-order valence-electron chi connectivity index (χ1n) is 3.83. The minimum absolute atomic E-state index is 0.450. The third-order valence-corrected chi connectivity index (χ3v) is 1.58. The molecule has 3 nitrogen and oxygen atoms in total. The Morgan fingerprint density at radius 3 is 2.77 bits per heavy atom. The van der Waals surface area contributed by atoms with Gasteiger partial charge in [0.1, 0.15) is 0 Å². The number of hydrogen-bond acceptors (Lipinski definition) is 2. The van der Waals surface area contributed by atoms with E-state index in [1.807, 2.05) is 6.92 Å². The SMILES string of the molecule is C=C/C(C)=C\c1[nH]c(=O)oc1C=C. The molecule has 0 aliphatic carbocycles. The lowest BCUT2D eigenvalue weighted by Gasteiger charge is -1.90. The van der Waals surface area contributed by atoms with Gasteiger partial charge in [-0.1, -0.05) is 19.2 Å². The molecule has 13 heavy (non-hydrogen) atoms. The van der Waals surface area contributed by atoms with Gasteiger partial charge in [0.05, 0.1) is 5.69 Å². The summed E-state index contributed by atoms with van der Waals surface area (Å²) in [4.78, 5) is 13.4. The summed E-state index contributed by atoms with van der Waals surface area (Å²) in [6.45, 7) is 9.01. The molecule has 0 bridgehead atoms. The third kappa shape index (κ3) is 2.08. The quantitative estimate of drug-likeness (QED) is 0.719. The number of nitrogens with one attached hydrogen (secondary N) is 1. The van der Waals surface area contributed by atoms with Crippen molar-refractivity contribution in [2.24, 2.45) is 0 Å². The maximum absolute atomic E-state index is 10.8. The molecule has 0 saturated carbocycles. The molecule has 1 aromatic heterocycles. The second-order valence-corrected chi connectivity index (χ2v) is 2.59. The van der Waals surface area contributed by atoms with E-state index in [0.717, 1.165) is 5.57 Å². The number of aromatic nitrogens is 1. The van der Waals surface area contributed by atoms with E-state index in [9.17, 15) is 4.79 Å². The highest BCUT2D eigenvalue weighted by atomic mass is 16.4.